The Morgan fingerprint density at radius 2 is 2.12 bits per heavy atom. The van der Waals surface area contributed by atoms with E-state index in [0.29, 0.717) is 11.8 Å². The minimum Gasteiger partial charge on any atom is -0.508 e. The molecule has 2 aliphatic heterocycles. The third kappa shape index (κ3) is 2.12. The third-order valence-corrected chi connectivity index (χ3v) is 4.19. The number of nitrogens with one attached hydrogen (secondary N) is 1. The van der Waals surface area contributed by atoms with Crippen LogP contribution in [0.4, 0.5) is 5.69 Å². The first-order valence-corrected chi connectivity index (χ1v) is 6.51. The van der Waals surface area contributed by atoms with E-state index in [1.807, 2.05) is 19.1 Å². The van der Waals surface area contributed by atoms with Crippen molar-refractivity contribution in [2.24, 2.45) is 5.92 Å². The Morgan fingerprint density at radius 1 is 1.29 bits per heavy atom. The molecule has 3 nitrogen and oxygen atoms in total. The molecule has 0 aliphatic carbocycles. The smallest absolute Gasteiger partial charge is 0.115 e. The Kier molecular flexibility index (Phi) is 2.71. The average Bonchev–Trinajstić information content (AvgIpc) is 2.69. The van der Waals surface area contributed by atoms with Crippen molar-refractivity contribution in [1.29, 1.82) is 0 Å². The Bertz CT molecular complexity index is 419. The predicted octanol–water partition coefficient (Wildman–Crippen LogP) is 2.21. The van der Waals surface area contributed by atoms with E-state index in [0.717, 1.165) is 11.5 Å². The van der Waals surface area contributed by atoms with Crippen molar-refractivity contribution in [3.05, 3.63) is 23.8 Å². The molecule has 17 heavy (non-hydrogen) atoms. The summed E-state index contributed by atoms with van der Waals surface area (Å²) in [5.41, 5.74) is 2.30. The van der Waals surface area contributed by atoms with Crippen LogP contribution in [-0.4, -0.2) is 35.7 Å². The number of hydrogen-bond donors (Lipinski definition) is 2. The Balaban J connectivity index is 1.73. The lowest BCUT2D eigenvalue weighted by atomic mass is 9.93. The van der Waals surface area contributed by atoms with E-state index in [1.165, 1.54) is 38.2 Å². The van der Waals surface area contributed by atoms with Gasteiger partial charge in [-0.3, -0.25) is 0 Å². The molecule has 3 atom stereocenters. The number of aryl methyl sites for hydroxylation is 1. The van der Waals surface area contributed by atoms with E-state index in [1.54, 1.807) is 6.07 Å². The van der Waals surface area contributed by atoms with E-state index >= 15 is 0 Å². The molecular formula is C14H20N2O. The summed E-state index contributed by atoms with van der Waals surface area (Å²) in [5.74, 6) is 1.15. The van der Waals surface area contributed by atoms with Crippen LogP contribution in [0.3, 0.4) is 0 Å². The fourth-order valence-electron chi connectivity index (χ4n) is 3.15. The molecule has 1 aromatic rings. The number of aromatic hydroxyl groups is 1. The van der Waals surface area contributed by atoms with E-state index in [9.17, 15) is 5.11 Å². The summed E-state index contributed by atoms with van der Waals surface area (Å²) >= 11 is 0. The second-order valence-corrected chi connectivity index (χ2v) is 5.39. The van der Waals surface area contributed by atoms with E-state index in [-0.39, 0.29) is 0 Å². The Hall–Kier alpha value is -1.22. The van der Waals surface area contributed by atoms with Crippen LogP contribution in [0, 0.1) is 12.8 Å². The highest BCUT2D eigenvalue weighted by Gasteiger charge is 2.34. The minimum atomic E-state index is 0.351. The molecule has 1 aromatic carbocycles. The number of rotatable bonds is 2. The molecule has 3 rings (SSSR count). The van der Waals surface area contributed by atoms with Gasteiger partial charge in [-0.2, -0.15) is 0 Å². The quantitative estimate of drug-likeness (QED) is 0.767. The first-order chi connectivity index (χ1) is 8.22. The van der Waals surface area contributed by atoms with Gasteiger partial charge in [0.25, 0.3) is 0 Å². The molecule has 2 N–H and O–H groups in total. The van der Waals surface area contributed by atoms with Gasteiger partial charge in [0.15, 0.2) is 0 Å². The van der Waals surface area contributed by atoms with Crippen molar-refractivity contribution in [3.63, 3.8) is 0 Å². The van der Waals surface area contributed by atoms with Gasteiger partial charge in [0, 0.05) is 24.8 Å². The van der Waals surface area contributed by atoms with Crippen LogP contribution >= 0.6 is 0 Å². The molecule has 3 heteroatoms. The molecule has 0 spiro atoms. The fraction of sp³-hybridized carbons (Fsp3) is 0.571. The van der Waals surface area contributed by atoms with E-state index in [4.69, 9.17) is 0 Å². The lowest BCUT2D eigenvalue weighted by molar-refractivity contribution is 0.255. The summed E-state index contributed by atoms with van der Waals surface area (Å²) in [6, 6.07) is 6.19. The summed E-state index contributed by atoms with van der Waals surface area (Å²) < 4.78 is 0. The summed E-state index contributed by atoms with van der Waals surface area (Å²) in [6.07, 6.45) is 2.57. The molecule has 0 aromatic heterocycles. The number of fused-ring (bicyclic) bond motifs is 2. The van der Waals surface area contributed by atoms with Crippen molar-refractivity contribution in [1.82, 2.24) is 4.90 Å². The zero-order valence-corrected chi connectivity index (χ0v) is 10.3. The number of phenols is 1. The monoisotopic (exact) mass is 232 g/mol. The lowest BCUT2D eigenvalue weighted by Crippen LogP contribution is -2.39. The average molecular weight is 232 g/mol. The molecule has 0 amide bonds. The fourth-order valence-corrected chi connectivity index (χ4v) is 3.15. The van der Waals surface area contributed by atoms with Gasteiger partial charge in [0.2, 0.25) is 0 Å². The summed E-state index contributed by atoms with van der Waals surface area (Å²) in [7, 11) is 0. The molecule has 3 unspecified atom stereocenters. The number of hydrogen-bond acceptors (Lipinski definition) is 3. The van der Waals surface area contributed by atoms with Gasteiger partial charge in [0.05, 0.1) is 0 Å². The van der Waals surface area contributed by atoms with Crippen molar-refractivity contribution in [2.45, 2.75) is 25.8 Å². The predicted molar refractivity (Wildman–Crippen MR) is 69.4 cm³/mol. The van der Waals surface area contributed by atoms with E-state index < -0.39 is 0 Å². The molecular weight excluding hydrogens is 212 g/mol. The molecule has 0 radical (unpaired) electrons. The zero-order chi connectivity index (χ0) is 11.8. The van der Waals surface area contributed by atoms with Gasteiger partial charge >= 0.3 is 0 Å². The number of phenolic OH excluding ortho intramolecular Hbond substituents is 1. The minimum absolute atomic E-state index is 0.351. The topological polar surface area (TPSA) is 35.5 Å². The van der Waals surface area contributed by atoms with Crippen LogP contribution in [0.5, 0.6) is 5.75 Å². The SMILES string of the molecule is Cc1cc(O)ccc1NC1CCN2CCC1C2. The maximum absolute atomic E-state index is 9.41. The van der Waals surface area contributed by atoms with Crippen molar-refractivity contribution < 1.29 is 5.11 Å². The molecule has 2 fully saturated rings. The molecule has 2 heterocycles. The summed E-state index contributed by atoms with van der Waals surface area (Å²) in [6.45, 7) is 5.81. The Labute approximate surface area is 102 Å². The maximum atomic E-state index is 9.41. The third-order valence-electron chi connectivity index (χ3n) is 4.19. The van der Waals surface area contributed by atoms with Crippen molar-refractivity contribution in [2.75, 3.05) is 25.0 Å². The molecule has 92 valence electrons. The van der Waals surface area contributed by atoms with Crippen LogP contribution in [0.1, 0.15) is 18.4 Å². The Morgan fingerprint density at radius 3 is 2.94 bits per heavy atom. The first-order valence-electron chi connectivity index (χ1n) is 6.51. The zero-order valence-electron chi connectivity index (χ0n) is 10.3. The molecule has 2 saturated heterocycles. The standard InChI is InChI=1S/C14H20N2O/c1-10-8-12(17)2-3-13(10)15-14-5-7-16-6-4-11(14)9-16/h2-3,8,11,14-15,17H,4-7,9H2,1H3. The van der Waals surface area contributed by atoms with Gasteiger partial charge in [-0.1, -0.05) is 0 Å². The molecule has 2 aliphatic rings. The van der Waals surface area contributed by atoms with Crippen LogP contribution in [-0.2, 0) is 0 Å². The van der Waals surface area contributed by atoms with Crippen LogP contribution in [0.2, 0.25) is 0 Å². The number of benzene rings is 1. The van der Waals surface area contributed by atoms with Gasteiger partial charge < -0.3 is 15.3 Å². The van der Waals surface area contributed by atoms with Crippen molar-refractivity contribution >= 4 is 5.69 Å². The second kappa shape index (κ2) is 4.22. The molecule has 2 bridgehead atoms. The van der Waals surface area contributed by atoms with Gasteiger partial charge in [-0.25, -0.2) is 0 Å². The van der Waals surface area contributed by atoms with Gasteiger partial charge in [0.1, 0.15) is 5.75 Å². The maximum Gasteiger partial charge on any atom is 0.115 e. The highest BCUT2D eigenvalue weighted by molar-refractivity contribution is 5.54. The van der Waals surface area contributed by atoms with Gasteiger partial charge in [-0.15, -0.1) is 0 Å². The highest BCUT2D eigenvalue weighted by Crippen LogP contribution is 2.30. The number of piperidine rings is 1. The lowest BCUT2D eigenvalue weighted by Gasteiger charge is -2.32. The number of nitrogens with zero attached hydrogens (tertiary/aromatic N) is 1. The second-order valence-electron chi connectivity index (χ2n) is 5.39. The van der Waals surface area contributed by atoms with Gasteiger partial charge in [-0.05, 0) is 56.0 Å². The summed E-state index contributed by atoms with van der Waals surface area (Å²) in [5, 5.41) is 13.1. The van der Waals surface area contributed by atoms with Crippen LogP contribution in [0.15, 0.2) is 18.2 Å². The highest BCUT2D eigenvalue weighted by atomic mass is 16.3. The summed E-state index contributed by atoms with van der Waals surface area (Å²) in [4.78, 5) is 2.56. The first kappa shape index (κ1) is 10.9. The van der Waals surface area contributed by atoms with Crippen LogP contribution < -0.4 is 5.32 Å². The van der Waals surface area contributed by atoms with Crippen molar-refractivity contribution in [3.8, 4) is 5.75 Å². The van der Waals surface area contributed by atoms with E-state index in [2.05, 4.69) is 10.2 Å². The molecule has 0 saturated carbocycles. The number of anilines is 1. The normalized spacial score (nSPS) is 31.5. The van der Waals surface area contributed by atoms with Crippen LogP contribution in [0.25, 0.3) is 0 Å². The largest absolute Gasteiger partial charge is 0.508 e.